The summed E-state index contributed by atoms with van der Waals surface area (Å²) in [7, 11) is -7.30. The van der Waals surface area contributed by atoms with Crippen molar-refractivity contribution in [2.45, 2.75) is 156 Å². The van der Waals surface area contributed by atoms with Crippen LogP contribution in [0.15, 0.2) is 83.6 Å². The summed E-state index contributed by atoms with van der Waals surface area (Å²) in [6.07, 6.45) is 4.25. The molecule has 3 saturated heterocycles. The molecule has 2 aliphatic carbocycles. The highest BCUT2D eigenvalue weighted by Gasteiger charge is 2.58. The minimum absolute atomic E-state index is 0.0451. The maximum absolute atomic E-state index is 12.8. The number of nitrogens with zero attached hydrogens (tertiary/aromatic N) is 8. The lowest BCUT2D eigenvalue weighted by Gasteiger charge is -2.24. The number of amides is 6. The van der Waals surface area contributed by atoms with Gasteiger partial charge in [0.25, 0.3) is 11.8 Å². The van der Waals surface area contributed by atoms with Crippen molar-refractivity contribution in [1.82, 2.24) is 59.1 Å². The Hall–Kier alpha value is -7.40. The normalized spacial score (nSPS) is 24.3. The highest BCUT2D eigenvalue weighted by atomic mass is 32.2. The molecule has 6 amide bonds. The second kappa shape index (κ2) is 24.4. The van der Waals surface area contributed by atoms with Crippen LogP contribution in [0.3, 0.4) is 0 Å². The van der Waals surface area contributed by atoms with Gasteiger partial charge >= 0.3 is 12.1 Å². The number of aliphatic hydroxyl groups excluding tert-OH is 2. The van der Waals surface area contributed by atoms with Gasteiger partial charge < -0.3 is 50.4 Å². The van der Waals surface area contributed by atoms with Gasteiger partial charge in [0.05, 0.1) is 22.4 Å². The van der Waals surface area contributed by atoms with Crippen LogP contribution in [-0.4, -0.2) is 158 Å². The van der Waals surface area contributed by atoms with Crippen molar-refractivity contribution in [1.29, 1.82) is 0 Å². The lowest BCUT2D eigenvalue weighted by molar-refractivity contribution is -0.197. The Balaban J connectivity index is 0.000000186. The van der Waals surface area contributed by atoms with Crippen molar-refractivity contribution in [3.05, 3.63) is 73.8 Å². The Morgan fingerprint density at radius 1 is 0.566 bits per heavy atom. The number of aromatic nitrogens is 8. The first-order valence-corrected chi connectivity index (χ1v) is 30.0. The van der Waals surface area contributed by atoms with Crippen LogP contribution in [0, 0.1) is 0 Å². The van der Waals surface area contributed by atoms with E-state index in [1.54, 1.807) is 25.3 Å². The van der Waals surface area contributed by atoms with E-state index in [2.05, 4.69) is 71.2 Å². The van der Waals surface area contributed by atoms with Gasteiger partial charge in [0.2, 0.25) is 20.0 Å². The zero-order valence-electron chi connectivity index (χ0n) is 45.5. The number of imidazole rings is 2. The molecule has 8 atom stereocenters. The average Bonchev–Trinajstić information content (AvgIpc) is 3.39. The van der Waals surface area contributed by atoms with Crippen LogP contribution in [0.2, 0.25) is 0 Å². The number of aliphatic hydroxyl groups is 2. The van der Waals surface area contributed by atoms with Crippen molar-refractivity contribution in [3.8, 4) is 0 Å². The number of fused-ring (bicyclic) bond motifs is 3. The SMILES string of the molecule is CCNC(=O)[C@H]1O[C@@H](n2cnc3c(NC(=O)Nc4ccc(S(=O)(=O)NC5CCCC5)cc4)ncnc32)[C@@H]2OC(C)(C)O[C@@H]21.CCNC(=O)[C@H]1O[C@@H](n2cnc3c(NC(=O)Nc4ccc(S(=O)(=O)NC5CCCC5)cc4)ncnc32)[C@H](O)[C@@H]1O. The van der Waals surface area contributed by atoms with Gasteiger partial charge in [-0.1, -0.05) is 25.7 Å². The third kappa shape index (κ3) is 12.9. The van der Waals surface area contributed by atoms with E-state index in [-0.39, 0.29) is 56.1 Å². The van der Waals surface area contributed by atoms with E-state index in [4.69, 9.17) is 18.9 Å². The lowest BCUT2D eigenvalue weighted by atomic mass is 10.1. The molecular formula is C51H64N16O14S2. The molecule has 0 spiro atoms. The standard InChI is InChI=1S/C27H34N8O7S.C24H30N8O7S/c1-4-28-24(36)20-19-21(42-27(2,3)41-19)25(40-20)35-14-31-18-22(29-13-30-23(18)35)33-26(37)32-15-9-11-17(12-10-15)43(38,39)34-16-7-5-6-8-16;1-2-25-22(35)19-17(33)18(34)23(39-19)32-12-28-16-20(26-11-27-21(16)32)30-24(36)29-13-7-9-15(10-8-13)40(37,38)31-14-5-3-4-6-14/h9-14,16,19-21,25,34H,4-8H2,1-3H3,(H,28,36)(H2,29,30,32,33,37);7-12,14,17-19,23,31,33-34H,2-6H2,1H3,(H,25,35)(H2,26,27,29,30,36)/t19-,20+,21-,25-;17-,18+,19-,23+/m10/s1. The van der Waals surface area contributed by atoms with Crippen LogP contribution >= 0.6 is 0 Å². The summed E-state index contributed by atoms with van der Waals surface area (Å²) in [5.74, 6) is -1.61. The number of anilines is 4. The van der Waals surface area contributed by atoms with E-state index < -0.39 is 92.9 Å². The van der Waals surface area contributed by atoms with Gasteiger partial charge in [-0.3, -0.25) is 29.4 Å². The largest absolute Gasteiger partial charge is 0.387 e. The monoisotopic (exact) mass is 1190 g/mol. The maximum Gasteiger partial charge on any atom is 0.324 e. The van der Waals surface area contributed by atoms with E-state index in [1.165, 1.54) is 78.4 Å². The highest BCUT2D eigenvalue weighted by molar-refractivity contribution is 7.89. The van der Waals surface area contributed by atoms with Crippen LogP contribution in [0.4, 0.5) is 32.6 Å². The minimum atomic E-state index is -3.66. The fraction of sp³-hybridized carbons (Fsp3) is 0.490. The van der Waals surface area contributed by atoms with Crippen LogP contribution in [-0.2, 0) is 48.6 Å². The Morgan fingerprint density at radius 3 is 1.45 bits per heavy atom. The molecule has 3 aliphatic heterocycles. The van der Waals surface area contributed by atoms with Crippen molar-refractivity contribution in [2.75, 3.05) is 34.4 Å². The molecular weight excluding hydrogens is 1120 g/mol. The molecule has 444 valence electrons. The molecule has 30 nitrogen and oxygen atoms in total. The summed E-state index contributed by atoms with van der Waals surface area (Å²) in [5, 5.41) is 36.7. The zero-order chi connectivity index (χ0) is 58.8. The van der Waals surface area contributed by atoms with E-state index in [1.807, 2.05) is 6.92 Å². The van der Waals surface area contributed by atoms with Gasteiger partial charge in [-0.05, 0) is 102 Å². The van der Waals surface area contributed by atoms with E-state index >= 15 is 0 Å². The van der Waals surface area contributed by atoms with Gasteiger partial charge in [-0.2, -0.15) is 0 Å². The van der Waals surface area contributed by atoms with Crippen molar-refractivity contribution in [2.24, 2.45) is 0 Å². The molecule has 4 aromatic heterocycles. The van der Waals surface area contributed by atoms with Gasteiger partial charge in [-0.25, -0.2) is 65.8 Å². The molecule has 83 heavy (non-hydrogen) atoms. The number of urea groups is 2. The summed E-state index contributed by atoms with van der Waals surface area (Å²) in [6, 6.07) is 10.3. The number of nitrogens with one attached hydrogen (secondary N) is 8. The number of carbonyl (C=O) groups excluding carboxylic acids is 4. The van der Waals surface area contributed by atoms with Crippen LogP contribution in [0.5, 0.6) is 0 Å². The summed E-state index contributed by atoms with van der Waals surface area (Å²) in [6.45, 7) is 7.83. The third-order valence-electron chi connectivity index (χ3n) is 14.4. The number of hydrogen-bond donors (Lipinski definition) is 10. The highest BCUT2D eigenvalue weighted by Crippen LogP contribution is 2.44. The van der Waals surface area contributed by atoms with E-state index in [9.17, 15) is 46.2 Å². The predicted molar refractivity (Wildman–Crippen MR) is 295 cm³/mol. The van der Waals surface area contributed by atoms with Crippen LogP contribution in [0.25, 0.3) is 22.3 Å². The molecule has 0 bridgehead atoms. The maximum atomic E-state index is 12.8. The number of benzene rings is 2. The predicted octanol–water partition coefficient (Wildman–Crippen LogP) is 2.69. The second-order valence-electron chi connectivity index (χ2n) is 20.7. The molecule has 10 N–H and O–H groups in total. The Bertz CT molecular complexity index is 3580. The van der Waals surface area contributed by atoms with Crippen LogP contribution in [0.1, 0.15) is 91.5 Å². The number of carbonyl (C=O) groups is 4. The van der Waals surface area contributed by atoms with E-state index in [0.717, 1.165) is 51.4 Å². The van der Waals surface area contributed by atoms with Gasteiger partial charge in [-0.15, -0.1) is 0 Å². The first-order chi connectivity index (χ1) is 39.7. The Morgan fingerprint density at radius 2 is 0.988 bits per heavy atom. The van der Waals surface area contributed by atoms with Gasteiger partial charge in [0.1, 0.15) is 37.1 Å². The molecule has 0 radical (unpaired) electrons. The fourth-order valence-electron chi connectivity index (χ4n) is 10.6. The number of hydrogen-bond acceptors (Lipinski definition) is 20. The fourth-order valence-corrected chi connectivity index (χ4v) is 13.2. The molecule has 2 aromatic carbocycles. The summed E-state index contributed by atoms with van der Waals surface area (Å²) >= 11 is 0. The third-order valence-corrected chi connectivity index (χ3v) is 17.5. The Labute approximate surface area is 475 Å². The molecule has 11 rings (SSSR count). The molecule has 32 heteroatoms. The molecule has 6 aromatic rings. The second-order valence-corrected chi connectivity index (χ2v) is 24.2. The summed E-state index contributed by atoms with van der Waals surface area (Å²) < 4.78 is 82.8. The number of rotatable bonds is 16. The summed E-state index contributed by atoms with van der Waals surface area (Å²) in [4.78, 5) is 76.0. The average molecular weight is 1190 g/mol. The summed E-state index contributed by atoms with van der Waals surface area (Å²) in [5.41, 5.74) is 1.73. The number of ether oxygens (including phenoxy) is 4. The molecule has 5 aliphatic rings. The molecule has 7 heterocycles. The topological polar surface area (TPSA) is 397 Å². The van der Waals surface area contributed by atoms with Gasteiger partial charge in [0.15, 0.2) is 64.4 Å². The van der Waals surface area contributed by atoms with Crippen molar-refractivity contribution < 1.29 is 65.2 Å². The number of sulfonamides is 2. The smallest absolute Gasteiger partial charge is 0.324 e. The van der Waals surface area contributed by atoms with Crippen LogP contribution < -0.4 is 41.3 Å². The van der Waals surface area contributed by atoms with Crippen molar-refractivity contribution in [3.63, 3.8) is 0 Å². The van der Waals surface area contributed by atoms with Gasteiger partial charge in [0, 0.05) is 36.5 Å². The molecule has 0 unspecified atom stereocenters. The minimum Gasteiger partial charge on any atom is -0.387 e. The Kier molecular flexibility index (Phi) is 17.3. The molecule has 5 fully saturated rings. The first-order valence-electron chi connectivity index (χ1n) is 27.1. The lowest BCUT2D eigenvalue weighted by Crippen LogP contribution is -2.42. The number of likely N-dealkylation sites (N-methyl/N-ethyl adjacent to an activating group) is 2. The molecule has 2 saturated carbocycles. The quantitative estimate of drug-likeness (QED) is 0.0666. The first kappa shape index (κ1) is 58.8. The zero-order valence-corrected chi connectivity index (χ0v) is 47.1. The van der Waals surface area contributed by atoms with E-state index in [0.29, 0.717) is 30.1 Å². The van der Waals surface area contributed by atoms with Crippen molar-refractivity contribution >= 4 is 89.3 Å².